The number of amides is 1. The molecule has 3 aromatic rings. The predicted octanol–water partition coefficient (Wildman–Crippen LogP) is 0.809. The van der Waals surface area contributed by atoms with Gasteiger partial charge >= 0.3 is 0 Å². The third-order valence-corrected chi connectivity index (χ3v) is 3.44. The van der Waals surface area contributed by atoms with E-state index in [-0.39, 0.29) is 12.6 Å². The first-order valence-corrected chi connectivity index (χ1v) is 7.90. The number of aromatic nitrogens is 6. The molecule has 1 aromatic carbocycles. The van der Waals surface area contributed by atoms with E-state index in [9.17, 15) is 4.79 Å². The molecule has 0 aliphatic heterocycles. The van der Waals surface area contributed by atoms with E-state index in [1.165, 1.54) is 4.80 Å². The van der Waals surface area contributed by atoms with Crippen LogP contribution in [0.25, 0.3) is 11.4 Å². The summed E-state index contributed by atoms with van der Waals surface area (Å²) in [4.78, 5) is 13.4. The number of nitrogens with one attached hydrogen (secondary N) is 1. The predicted molar refractivity (Wildman–Crippen MR) is 89.7 cm³/mol. The second kappa shape index (κ2) is 8.15. The van der Waals surface area contributed by atoms with Crippen molar-refractivity contribution in [2.24, 2.45) is 0 Å². The molecule has 0 spiro atoms. The van der Waals surface area contributed by atoms with Crippen LogP contribution in [0.4, 0.5) is 0 Å². The van der Waals surface area contributed by atoms with E-state index in [2.05, 4.69) is 25.8 Å². The molecule has 0 bridgehead atoms. The number of methoxy groups -OCH3 is 1. The van der Waals surface area contributed by atoms with Gasteiger partial charge < -0.3 is 10.1 Å². The quantitative estimate of drug-likeness (QED) is 0.609. The van der Waals surface area contributed by atoms with Crippen molar-refractivity contribution in [1.82, 2.24) is 35.3 Å². The molecule has 0 atom stereocenters. The number of carbonyl (C=O) groups excluding carboxylic acids is 1. The standard InChI is InChI=1S/C16H19N7O2/c1-25-11-5-9-17-16(24)14-8-10-22(19-14)12-23-20-15(18-21-23)13-6-3-2-4-7-13/h2-4,6-8,10H,5,9,11-12H2,1H3,(H,17,24). The first kappa shape index (κ1) is 16.8. The molecule has 0 aliphatic rings. The maximum atomic E-state index is 12.0. The maximum Gasteiger partial charge on any atom is 0.271 e. The number of ether oxygens (including phenoxy) is 1. The van der Waals surface area contributed by atoms with E-state index in [1.54, 1.807) is 24.1 Å². The highest BCUT2D eigenvalue weighted by Crippen LogP contribution is 2.11. The minimum Gasteiger partial charge on any atom is -0.385 e. The minimum absolute atomic E-state index is 0.216. The average Bonchev–Trinajstić information content (AvgIpc) is 3.29. The van der Waals surface area contributed by atoms with Gasteiger partial charge in [0.1, 0.15) is 5.69 Å². The monoisotopic (exact) mass is 341 g/mol. The number of hydrogen-bond donors (Lipinski definition) is 1. The summed E-state index contributed by atoms with van der Waals surface area (Å²) in [7, 11) is 1.63. The first-order valence-electron chi connectivity index (χ1n) is 7.90. The Morgan fingerprint density at radius 3 is 2.84 bits per heavy atom. The van der Waals surface area contributed by atoms with Crippen molar-refractivity contribution in [3.63, 3.8) is 0 Å². The summed E-state index contributed by atoms with van der Waals surface area (Å²) in [5, 5.41) is 19.4. The zero-order chi connectivity index (χ0) is 17.5. The van der Waals surface area contributed by atoms with Gasteiger partial charge in [0.15, 0.2) is 6.67 Å². The van der Waals surface area contributed by atoms with Crippen molar-refractivity contribution < 1.29 is 9.53 Å². The van der Waals surface area contributed by atoms with Crippen LogP contribution in [-0.2, 0) is 11.4 Å². The summed E-state index contributed by atoms with van der Waals surface area (Å²) in [5.74, 6) is 0.329. The molecule has 0 unspecified atom stereocenters. The lowest BCUT2D eigenvalue weighted by Gasteiger charge is -2.02. The molecule has 2 aromatic heterocycles. The molecule has 1 amide bonds. The van der Waals surface area contributed by atoms with Gasteiger partial charge in [-0.15, -0.1) is 15.0 Å². The Kier molecular flexibility index (Phi) is 5.47. The van der Waals surface area contributed by atoms with Crippen molar-refractivity contribution in [2.45, 2.75) is 13.1 Å². The van der Waals surface area contributed by atoms with Crippen LogP contribution in [-0.4, -0.2) is 56.2 Å². The lowest BCUT2D eigenvalue weighted by molar-refractivity contribution is 0.0942. The Bertz CT molecular complexity index is 813. The average molecular weight is 341 g/mol. The number of benzene rings is 1. The van der Waals surface area contributed by atoms with Crippen molar-refractivity contribution in [3.8, 4) is 11.4 Å². The van der Waals surface area contributed by atoms with E-state index in [0.717, 1.165) is 12.0 Å². The fourth-order valence-electron chi connectivity index (χ4n) is 2.21. The van der Waals surface area contributed by atoms with Gasteiger partial charge in [0.05, 0.1) is 0 Å². The van der Waals surface area contributed by atoms with Crippen LogP contribution in [0.5, 0.6) is 0 Å². The summed E-state index contributed by atoms with van der Waals surface area (Å²) < 4.78 is 6.52. The second-order valence-corrected chi connectivity index (χ2v) is 5.34. The molecule has 0 saturated heterocycles. The summed E-state index contributed by atoms with van der Waals surface area (Å²) in [5.41, 5.74) is 1.24. The Morgan fingerprint density at radius 2 is 2.04 bits per heavy atom. The van der Waals surface area contributed by atoms with Crippen LogP contribution < -0.4 is 5.32 Å². The molecule has 2 heterocycles. The summed E-state index contributed by atoms with van der Waals surface area (Å²) in [6.45, 7) is 1.43. The highest BCUT2D eigenvalue weighted by molar-refractivity contribution is 5.92. The number of tetrazole rings is 1. The van der Waals surface area contributed by atoms with Crippen molar-refractivity contribution >= 4 is 5.91 Å². The number of carbonyl (C=O) groups is 1. The van der Waals surface area contributed by atoms with Gasteiger partial charge in [0, 0.05) is 32.0 Å². The van der Waals surface area contributed by atoms with Gasteiger partial charge in [-0.25, -0.2) is 4.68 Å². The Morgan fingerprint density at radius 1 is 1.20 bits per heavy atom. The largest absolute Gasteiger partial charge is 0.385 e. The molecular weight excluding hydrogens is 322 g/mol. The zero-order valence-corrected chi connectivity index (χ0v) is 13.9. The number of nitrogens with zero attached hydrogens (tertiary/aromatic N) is 6. The molecule has 130 valence electrons. The zero-order valence-electron chi connectivity index (χ0n) is 13.9. The van der Waals surface area contributed by atoms with Gasteiger partial charge in [0.2, 0.25) is 5.82 Å². The maximum absolute atomic E-state index is 12.0. The molecule has 3 rings (SSSR count). The molecule has 0 fully saturated rings. The van der Waals surface area contributed by atoms with Gasteiger partial charge in [-0.3, -0.25) is 4.79 Å². The van der Waals surface area contributed by atoms with Crippen LogP contribution in [0.2, 0.25) is 0 Å². The molecule has 1 N–H and O–H groups in total. The van der Waals surface area contributed by atoms with E-state index >= 15 is 0 Å². The Labute approximate surface area is 144 Å². The molecular formula is C16H19N7O2. The van der Waals surface area contributed by atoms with E-state index in [1.807, 2.05) is 30.3 Å². The Hall–Kier alpha value is -3.07. The van der Waals surface area contributed by atoms with Crippen molar-refractivity contribution in [2.75, 3.05) is 20.3 Å². The summed E-state index contributed by atoms with van der Waals surface area (Å²) >= 11 is 0. The Balaban J connectivity index is 1.58. The van der Waals surface area contributed by atoms with Crippen LogP contribution in [0.3, 0.4) is 0 Å². The lowest BCUT2D eigenvalue weighted by atomic mass is 10.2. The highest BCUT2D eigenvalue weighted by atomic mass is 16.5. The molecule has 0 aliphatic carbocycles. The molecule has 9 nitrogen and oxygen atoms in total. The molecule has 0 saturated carbocycles. The van der Waals surface area contributed by atoms with Gasteiger partial charge in [0.25, 0.3) is 5.91 Å². The fraction of sp³-hybridized carbons (Fsp3) is 0.312. The van der Waals surface area contributed by atoms with Crippen molar-refractivity contribution in [1.29, 1.82) is 0 Å². The van der Waals surface area contributed by atoms with E-state index in [4.69, 9.17) is 4.74 Å². The lowest BCUT2D eigenvalue weighted by Crippen LogP contribution is -2.26. The second-order valence-electron chi connectivity index (χ2n) is 5.34. The fourth-order valence-corrected chi connectivity index (χ4v) is 2.21. The molecule has 0 radical (unpaired) electrons. The third kappa shape index (κ3) is 4.48. The number of hydrogen-bond acceptors (Lipinski definition) is 6. The van der Waals surface area contributed by atoms with E-state index in [0.29, 0.717) is 24.7 Å². The number of rotatable bonds is 8. The SMILES string of the molecule is COCCCNC(=O)c1ccn(Cn2nnc(-c3ccccc3)n2)n1. The van der Waals surface area contributed by atoms with E-state index < -0.39 is 0 Å². The summed E-state index contributed by atoms with van der Waals surface area (Å²) in [6.07, 6.45) is 2.46. The topological polar surface area (TPSA) is 99.8 Å². The summed E-state index contributed by atoms with van der Waals surface area (Å²) in [6, 6.07) is 11.3. The van der Waals surface area contributed by atoms with Gasteiger partial charge in [-0.2, -0.15) is 5.10 Å². The highest BCUT2D eigenvalue weighted by Gasteiger charge is 2.10. The van der Waals surface area contributed by atoms with Gasteiger partial charge in [-0.05, 0) is 17.7 Å². The molecule has 9 heteroatoms. The molecule has 25 heavy (non-hydrogen) atoms. The smallest absolute Gasteiger partial charge is 0.271 e. The van der Waals surface area contributed by atoms with Gasteiger partial charge in [-0.1, -0.05) is 30.3 Å². The minimum atomic E-state index is -0.216. The van der Waals surface area contributed by atoms with Crippen LogP contribution in [0.1, 0.15) is 16.9 Å². The normalized spacial score (nSPS) is 10.8. The third-order valence-electron chi connectivity index (χ3n) is 3.44. The van der Waals surface area contributed by atoms with Crippen LogP contribution in [0, 0.1) is 0 Å². The van der Waals surface area contributed by atoms with Crippen molar-refractivity contribution in [3.05, 3.63) is 48.3 Å². The van der Waals surface area contributed by atoms with Crippen LogP contribution >= 0.6 is 0 Å². The van der Waals surface area contributed by atoms with Crippen LogP contribution in [0.15, 0.2) is 42.6 Å². The first-order chi connectivity index (χ1) is 12.3.